The van der Waals surface area contributed by atoms with Crippen LogP contribution in [-0.4, -0.2) is 15.7 Å². The predicted molar refractivity (Wildman–Crippen MR) is 94.1 cm³/mol. The largest absolute Gasteiger partial charge is 0.382 e. The van der Waals surface area contributed by atoms with Crippen molar-refractivity contribution in [2.24, 2.45) is 0 Å². The van der Waals surface area contributed by atoms with Crippen molar-refractivity contribution >= 4 is 28.7 Å². The molecule has 0 spiro atoms. The lowest BCUT2D eigenvalue weighted by Gasteiger charge is -2.11. The van der Waals surface area contributed by atoms with E-state index in [9.17, 15) is 4.79 Å². The van der Waals surface area contributed by atoms with Crippen molar-refractivity contribution in [2.75, 3.05) is 11.1 Å². The highest BCUT2D eigenvalue weighted by atomic mass is 32.1. The Bertz CT molecular complexity index is 890. The van der Waals surface area contributed by atoms with Crippen molar-refractivity contribution in [1.82, 2.24) is 9.78 Å². The minimum absolute atomic E-state index is 0.0634. The summed E-state index contributed by atoms with van der Waals surface area (Å²) in [6, 6.07) is 11.1. The van der Waals surface area contributed by atoms with Crippen LogP contribution in [0.2, 0.25) is 0 Å². The molecule has 0 fully saturated rings. The molecule has 1 aromatic carbocycles. The van der Waals surface area contributed by atoms with Crippen LogP contribution in [0.1, 0.15) is 24.0 Å². The molecule has 0 aliphatic rings. The van der Waals surface area contributed by atoms with Gasteiger partial charge < -0.3 is 11.1 Å². The van der Waals surface area contributed by atoms with Gasteiger partial charge in [-0.2, -0.15) is 21.7 Å². The number of rotatable bonds is 4. The van der Waals surface area contributed by atoms with Crippen LogP contribution in [0.15, 0.2) is 47.3 Å². The fourth-order valence-electron chi connectivity index (χ4n) is 2.26. The first-order valence-corrected chi connectivity index (χ1v) is 8.21. The van der Waals surface area contributed by atoms with Crippen LogP contribution in [0, 0.1) is 11.3 Å². The van der Waals surface area contributed by atoms with Gasteiger partial charge in [0.25, 0.3) is 0 Å². The van der Waals surface area contributed by atoms with Crippen LogP contribution >= 0.6 is 11.3 Å². The normalized spacial score (nSPS) is 11.7. The number of nitriles is 1. The molecule has 2 heterocycles. The molecule has 2 aromatic heterocycles. The molecule has 0 aliphatic carbocycles. The maximum absolute atomic E-state index is 12.3. The highest BCUT2D eigenvalue weighted by molar-refractivity contribution is 7.08. The maximum atomic E-state index is 12.3. The van der Waals surface area contributed by atoms with Crippen molar-refractivity contribution in [3.8, 4) is 11.8 Å². The van der Waals surface area contributed by atoms with Gasteiger partial charge in [-0.15, -0.1) is 0 Å². The highest BCUT2D eigenvalue weighted by Gasteiger charge is 2.16. The number of aromatic nitrogens is 2. The third-order valence-corrected chi connectivity index (χ3v) is 4.44. The molecule has 0 radical (unpaired) electrons. The van der Waals surface area contributed by atoms with Gasteiger partial charge in [0.05, 0.1) is 17.8 Å². The lowest BCUT2D eigenvalue weighted by atomic mass is 10.0. The second kappa shape index (κ2) is 6.56. The van der Waals surface area contributed by atoms with Gasteiger partial charge in [-0.25, -0.2) is 4.68 Å². The molecule has 6 nitrogen and oxygen atoms in total. The lowest BCUT2D eigenvalue weighted by molar-refractivity contribution is -0.117. The number of nitrogens with one attached hydrogen (secondary N) is 1. The molecular weight excluding hydrogens is 322 g/mol. The first-order chi connectivity index (χ1) is 11.6. The molecule has 0 aliphatic heterocycles. The van der Waals surface area contributed by atoms with Gasteiger partial charge in [0.1, 0.15) is 17.5 Å². The first-order valence-electron chi connectivity index (χ1n) is 7.27. The van der Waals surface area contributed by atoms with E-state index >= 15 is 0 Å². The van der Waals surface area contributed by atoms with E-state index in [1.807, 2.05) is 29.8 Å². The standard InChI is InChI=1S/C17H15N5OS/c1-11(12-6-7-24-10-12)17(23)21-14-2-4-15(5-3-14)22-16(19)13(8-18)9-20-22/h2-7,9-11H,19H2,1H3,(H,21,23). The Morgan fingerprint density at radius 3 is 2.71 bits per heavy atom. The topological polar surface area (TPSA) is 96.7 Å². The molecule has 0 saturated heterocycles. The third kappa shape index (κ3) is 3.00. The summed E-state index contributed by atoms with van der Waals surface area (Å²) in [6.45, 7) is 1.87. The molecule has 24 heavy (non-hydrogen) atoms. The quantitative estimate of drug-likeness (QED) is 0.764. The highest BCUT2D eigenvalue weighted by Crippen LogP contribution is 2.22. The van der Waals surface area contributed by atoms with Gasteiger partial charge in [0.2, 0.25) is 5.91 Å². The maximum Gasteiger partial charge on any atom is 0.231 e. The Hall–Kier alpha value is -3.11. The van der Waals surface area contributed by atoms with Crippen molar-refractivity contribution in [1.29, 1.82) is 5.26 Å². The van der Waals surface area contributed by atoms with Crippen molar-refractivity contribution in [3.05, 3.63) is 58.4 Å². The van der Waals surface area contributed by atoms with Crippen LogP contribution in [0.5, 0.6) is 0 Å². The number of nitrogens with zero attached hydrogens (tertiary/aromatic N) is 3. The Morgan fingerprint density at radius 1 is 1.38 bits per heavy atom. The van der Waals surface area contributed by atoms with Gasteiger partial charge >= 0.3 is 0 Å². The second-order valence-corrected chi connectivity index (χ2v) is 6.06. The Kier molecular flexibility index (Phi) is 4.31. The fourth-order valence-corrected chi connectivity index (χ4v) is 3.01. The zero-order chi connectivity index (χ0) is 17.1. The molecule has 3 N–H and O–H groups in total. The number of nitrogens with two attached hydrogens (primary N) is 1. The predicted octanol–water partition coefficient (Wildman–Crippen LogP) is 3.13. The summed E-state index contributed by atoms with van der Waals surface area (Å²) in [5.41, 5.74) is 8.61. The molecule has 1 atom stereocenters. The van der Waals surface area contributed by atoms with Crippen LogP contribution in [0.3, 0.4) is 0 Å². The smallest absolute Gasteiger partial charge is 0.231 e. The minimum atomic E-state index is -0.212. The third-order valence-electron chi connectivity index (χ3n) is 3.74. The van der Waals surface area contributed by atoms with E-state index in [1.165, 1.54) is 10.9 Å². The lowest BCUT2D eigenvalue weighted by Crippen LogP contribution is -2.18. The molecule has 0 saturated carbocycles. The second-order valence-electron chi connectivity index (χ2n) is 5.28. The summed E-state index contributed by atoms with van der Waals surface area (Å²) < 4.78 is 1.48. The van der Waals surface area contributed by atoms with Crippen LogP contribution in [-0.2, 0) is 4.79 Å². The number of benzene rings is 1. The average molecular weight is 337 g/mol. The van der Waals surface area contributed by atoms with E-state index in [0.29, 0.717) is 17.1 Å². The Morgan fingerprint density at radius 2 is 2.12 bits per heavy atom. The van der Waals surface area contributed by atoms with Crippen LogP contribution in [0.4, 0.5) is 11.5 Å². The molecule has 1 unspecified atom stereocenters. The average Bonchev–Trinajstić information content (AvgIpc) is 3.24. The molecular formula is C17H15N5OS. The minimum Gasteiger partial charge on any atom is -0.382 e. The molecule has 3 rings (SSSR count). The number of thiophene rings is 1. The Labute approximate surface area is 143 Å². The van der Waals surface area contributed by atoms with Crippen LogP contribution < -0.4 is 11.1 Å². The summed E-state index contributed by atoms with van der Waals surface area (Å²) >= 11 is 1.57. The molecule has 3 aromatic rings. The summed E-state index contributed by atoms with van der Waals surface area (Å²) in [7, 11) is 0. The van der Waals surface area contributed by atoms with E-state index < -0.39 is 0 Å². The van der Waals surface area contributed by atoms with Crippen molar-refractivity contribution in [3.63, 3.8) is 0 Å². The van der Waals surface area contributed by atoms with E-state index in [1.54, 1.807) is 35.6 Å². The van der Waals surface area contributed by atoms with Gasteiger partial charge in [0.15, 0.2) is 0 Å². The molecule has 120 valence electrons. The number of nitrogen functional groups attached to an aromatic ring is 1. The SMILES string of the molecule is CC(C(=O)Nc1ccc(-n2ncc(C#N)c2N)cc1)c1ccsc1. The van der Waals surface area contributed by atoms with Crippen molar-refractivity contribution < 1.29 is 4.79 Å². The van der Waals surface area contributed by atoms with Gasteiger partial charge in [-0.05, 0) is 53.6 Å². The molecule has 0 bridgehead atoms. The number of carbonyl (C=O) groups excluding carboxylic acids is 1. The fraction of sp³-hybridized carbons (Fsp3) is 0.118. The number of hydrogen-bond donors (Lipinski definition) is 2. The Balaban J connectivity index is 1.74. The molecule has 7 heteroatoms. The van der Waals surface area contributed by atoms with E-state index in [-0.39, 0.29) is 11.8 Å². The number of hydrogen-bond acceptors (Lipinski definition) is 5. The first kappa shape index (κ1) is 15.8. The van der Waals surface area contributed by atoms with E-state index in [0.717, 1.165) is 11.3 Å². The summed E-state index contributed by atoms with van der Waals surface area (Å²) in [5.74, 6) is 0.0164. The summed E-state index contributed by atoms with van der Waals surface area (Å²) in [4.78, 5) is 12.3. The number of amides is 1. The van der Waals surface area contributed by atoms with E-state index in [2.05, 4.69) is 10.4 Å². The number of anilines is 2. The van der Waals surface area contributed by atoms with E-state index in [4.69, 9.17) is 11.0 Å². The molecule has 1 amide bonds. The summed E-state index contributed by atoms with van der Waals surface area (Å²) in [6.07, 6.45) is 1.42. The van der Waals surface area contributed by atoms with Crippen LogP contribution in [0.25, 0.3) is 5.69 Å². The monoisotopic (exact) mass is 337 g/mol. The zero-order valence-electron chi connectivity index (χ0n) is 12.9. The van der Waals surface area contributed by atoms with Gasteiger partial charge in [0, 0.05) is 5.69 Å². The number of carbonyl (C=O) groups is 1. The van der Waals surface area contributed by atoms with Gasteiger partial charge in [-0.3, -0.25) is 4.79 Å². The summed E-state index contributed by atoms with van der Waals surface area (Å²) in [5, 5.41) is 19.8. The zero-order valence-corrected chi connectivity index (χ0v) is 13.7. The van der Waals surface area contributed by atoms with Gasteiger partial charge in [-0.1, -0.05) is 0 Å². The van der Waals surface area contributed by atoms with Crippen molar-refractivity contribution in [2.45, 2.75) is 12.8 Å².